The fraction of sp³-hybridized carbons (Fsp3) is 0.333. The van der Waals surface area contributed by atoms with Crippen LogP contribution < -0.4 is 0 Å². The molecule has 0 fully saturated rings. The topological polar surface area (TPSA) is 50.2 Å². The molecule has 1 N–H and O–H groups in total. The number of aromatic nitrogens is 1. The minimum Gasteiger partial charge on any atom is -0.477 e. The largest absolute Gasteiger partial charge is 0.477 e. The van der Waals surface area contributed by atoms with E-state index in [9.17, 15) is 9.90 Å². The first-order valence-electron chi connectivity index (χ1n) is 6.48. The molecule has 0 amide bonds. The summed E-state index contributed by atoms with van der Waals surface area (Å²) in [5, 5.41) is 10.1. The zero-order chi connectivity index (χ0) is 13.8. The monoisotopic (exact) mass is 275 g/mol. The second-order valence-corrected chi connectivity index (χ2v) is 5.36. The fourth-order valence-electron chi connectivity index (χ4n) is 2.08. The number of nitrogens with zero attached hydrogens (tertiary/aromatic N) is 1. The van der Waals surface area contributed by atoms with Crippen molar-refractivity contribution in [2.75, 3.05) is 0 Å². The van der Waals surface area contributed by atoms with Crippen molar-refractivity contribution in [3.05, 3.63) is 40.4 Å². The summed E-state index contributed by atoms with van der Waals surface area (Å²) in [5.74, 6) is -0.874. The molecule has 100 valence electrons. The van der Waals surface area contributed by atoms with Gasteiger partial charge in [0.2, 0.25) is 0 Å². The van der Waals surface area contributed by atoms with Gasteiger partial charge in [0.05, 0.1) is 5.69 Å². The predicted octanol–water partition coefficient (Wildman–Crippen LogP) is 4.02. The number of thiazole rings is 1. The first-order chi connectivity index (χ1) is 9.17. The number of carbonyl (C=O) groups is 1. The van der Waals surface area contributed by atoms with Crippen LogP contribution in [-0.4, -0.2) is 16.1 Å². The molecule has 0 bridgehead atoms. The Morgan fingerprint density at radius 2 is 2.05 bits per heavy atom. The van der Waals surface area contributed by atoms with E-state index in [2.05, 4.69) is 18.0 Å². The van der Waals surface area contributed by atoms with Crippen LogP contribution in [0.25, 0.3) is 10.6 Å². The maximum atomic E-state index is 11.3. The summed E-state index contributed by atoms with van der Waals surface area (Å²) < 4.78 is 0. The third-order valence-corrected chi connectivity index (χ3v) is 4.13. The van der Waals surface area contributed by atoms with E-state index in [1.54, 1.807) is 0 Å². The van der Waals surface area contributed by atoms with Gasteiger partial charge in [0.25, 0.3) is 0 Å². The van der Waals surface area contributed by atoms with Crippen molar-refractivity contribution in [2.45, 2.75) is 33.1 Å². The van der Waals surface area contributed by atoms with Gasteiger partial charge in [-0.1, -0.05) is 44.5 Å². The van der Waals surface area contributed by atoms with Crippen molar-refractivity contribution in [2.24, 2.45) is 0 Å². The van der Waals surface area contributed by atoms with Crippen LogP contribution in [0, 0.1) is 0 Å². The van der Waals surface area contributed by atoms with E-state index in [4.69, 9.17) is 0 Å². The maximum absolute atomic E-state index is 11.3. The second kappa shape index (κ2) is 5.97. The van der Waals surface area contributed by atoms with Crippen molar-refractivity contribution in [3.63, 3.8) is 0 Å². The van der Waals surface area contributed by atoms with Crippen LogP contribution >= 0.6 is 11.3 Å². The van der Waals surface area contributed by atoms with Gasteiger partial charge in [-0.15, -0.1) is 11.3 Å². The number of carboxylic acid groups (broad SMARTS) is 1. The number of hydrogen-bond donors (Lipinski definition) is 1. The highest BCUT2D eigenvalue weighted by atomic mass is 32.1. The Morgan fingerprint density at radius 3 is 2.68 bits per heavy atom. The van der Waals surface area contributed by atoms with Gasteiger partial charge < -0.3 is 5.11 Å². The van der Waals surface area contributed by atoms with Crippen molar-refractivity contribution >= 4 is 17.3 Å². The molecule has 0 saturated heterocycles. The van der Waals surface area contributed by atoms with E-state index in [1.165, 1.54) is 16.9 Å². The molecule has 0 saturated carbocycles. The molecule has 0 radical (unpaired) electrons. The smallest absolute Gasteiger partial charge is 0.347 e. The molecule has 0 aliphatic heterocycles. The highest BCUT2D eigenvalue weighted by molar-refractivity contribution is 7.17. The van der Waals surface area contributed by atoms with Crippen molar-refractivity contribution in [1.82, 2.24) is 4.98 Å². The van der Waals surface area contributed by atoms with Crippen LogP contribution in [0.5, 0.6) is 0 Å². The van der Waals surface area contributed by atoms with Gasteiger partial charge in [0.15, 0.2) is 0 Å². The molecule has 1 heterocycles. The summed E-state index contributed by atoms with van der Waals surface area (Å²) in [6.07, 6.45) is 2.53. The van der Waals surface area contributed by atoms with Gasteiger partial charge in [-0.05, 0) is 18.4 Å². The molecule has 4 heteroatoms. The van der Waals surface area contributed by atoms with Crippen LogP contribution in [0.15, 0.2) is 24.3 Å². The molecule has 2 rings (SSSR count). The Hall–Kier alpha value is -1.68. The first-order valence-corrected chi connectivity index (χ1v) is 7.30. The Bertz CT molecular complexity index is 590. The standard InChI is InChI=1S/C15H17NO2S/c1-3-7-12-13(15(17)18)19-14(16-12)11-9-6-5-8-10(11)4-2/h5-6,8-9H,3-4,7H2,1-2H3,(H,17,18). The van der Waals surface area contributed by atoms with E-state index in [0.29, 0.717) is 17.0 Å². The lowest BCUT2D eigenvalue weighted by Gasteiger charge is -2.03. The lowest BCUT2D eigenvalue weighted by molar-refractivity contribution is 0.0700. The molecule has 0 spiro atoms. The summed E-state index contributed by atoms with van der Waals surface area (Å²) in [5.41, 5.74) is 2.97. The number of benzene rings is 1. The molecule has 1 aromatic heterocycles. The molecule has 0 aliphatic rings. The van der Waals surface area contributed by atoms with E-state index in [-0.39, 0.29) is 0 Å². The quantitative estimate of drug-likeness (QED) is 0.896. The Morgan fingerprint density at radius 1 is 1.32 bits per heavy atom. The average molecular weight is 275 g/mol. The Labute approximate surface area is 116 Å². The van der Waals surface area contributed by atoms with Gasteiger partial charge in [-0.25, -0.2) is 9.78 Å². The number of rotatable bonds is 5. The second-order valence-electron chi connectivity index (χ2n) is 4.36. The molecule has 3 nitrogen and oxygen atoms in total. The Kier molecular flexibility index (Phi) is 4.32. The lowest BCUT2D eigenvalue weighted by Crippen LogP contribution is -1.98. The third-order valence-electron chi connectivity index (χ3n) is 3.01. The summed E-state index contributed by atoms with van der Waals surface area (Å²) >= 11 is 1.28. The summed E-state index contributed by atoms with van der Waals surface area (Å²) in [6, 6.07) is 8.05. The molecular weight excluding hydrogens is 258 g/mol. The van der Waals surface area contributed by atoms with Gasteiger partial charge in [0.1, 0.15) is 9.88 Å². The lowest BCUT2D eigenvalue weighted by atomic mass is 10.1. The minimum atomic E-state index is -0.874. The van der Waals surface area contributed by atoms with E-state index in [0.717, 1.165) is 23.4 Å². The molecule has 2 aromatic rings. The molecule has 0 atom stereocenters. The highest BCUT2D eigenvalue weighted by Gasteiger charge is 2.18. The van der Waals surface area contributed by atoms with Crippen LogP contribution in [0.2, 0.25) is 0 Å². The molecule has 0 aliphatic carbocycles. The molecular formula is C15H17NO2S. The SMILES string of the molecule is CCCc1nc(-c2ccccc2CC)sc1C(=O)O. The predicted molar refractivity (Wildman–Crippen MR) is 77.9 cm³/mol. The van der Waals surface area contributed by atoms with Crippen LogP contribution in [-0.2, 0) is 12.8 Å². The van der Waals surface area contributed by atoms with Gasteiger partial charge >= 0.3 is 5.97 Å². The third kappa shape index (κ3) is 2.84. The molecule has 0 unspecified atom stereocenters. The van der Waals surface area contributed by atoms with E-state index < -0.39 is 5.97 Å². The first kappa shape index (κ1) is 13.7. The van der Waals surface area contributed by atoms with Gasteiger partial charge in [-0.2, -0.15) is 0 Å². The Balaban J connectivity index is 2.51. The number of aryl methyl sites for hydroxylation is 2. The maximum Gasteiger partial charge on any atom is 0.347 e. The van der Waals surface area contributed by atoms with Crippen molar-refractivity contribution in [1.29, 1.82) is 0 Å². The number of hydrogen-bond acceptors (Lipinski definition) is 3. The number of carboxylic acids is 1. The number of aromatic carboxylic acids is 1. The van der Waals surface area contributed by atoms with Gasteiger partial charge in [0, 0.05) is 5.56 Å². The van der Waals surface area contributed by atoms with Crippen LogP contribution in [0.1, 0.15) is 41.2 Å². The molecule has 1 aromatic carbocycles. The molecule has 19 heavy (non-hydrogen) atoms. The van der Waals surface area contributed by atoms with Crippen molar-refractivity contribution < 1.29 is 9.90 Å². The average Bonchev–Trinajstić information content (AvgIpc) is 2.83. The summed E-state index contributed by atoms with van der Waals surface area (Å²) in [4.78, 5) is 16.2. The highest BCUT2D eigenvalue weighted by Crippen LogP contribution is 2.31. The van der Waals surface area contributed by atoms with Crippen LogP contribution in [0.4, 0.5) is 0 Å². The zero-order valence-corrected chi connectivity index (χ0v) is 12.0. The normalized spacial score (nSPS) is 10.6. The van der Waals surface area contributed by atoms with E-state index >= 15 is 0 Å². The zero-order valence-electron chi connectivity index (χ0n) is 11.1. The van der Waals surface area contributed by atoms with Crippen molar-refractivity contribution in [3.8, 4) is 10.6 Å². The van der Waals surface area contributed by atoms with E-state index in [1.807, 2.05) is 25.1 Å². The fourth-order valence-corrected chi connectivity index (χ4v) is 3.09. The minimum absolute atomic E-state index is 0.378. The van der Waals surface area contributed by atoms with Crippen LogP contribution in [0.3, 0.4) is 0 Å². The van der Waals surface area contributed by atoms with Gasteiger partial charge in [-0.3, -0.25) is 0 Å². The summed E-state index contributed by atoms with van der Waals surface area (Å²) in [6.45, 7) is 4.13. The summed E-state index contributed by atoms with van der Waals surface area (Å²) in [7, 11) is 0.